The Morgan fingerprint density at radius 2 is 1.58 bits per heavy atom. The normalized spacial score (nSPS) is 29.5. The van der Waals surface area contributed by atoms with Crippen molar-refractivity contribution < 1.29 is 23.5 Å². The third-order valence-electron chi connectivity index (χ3n) is 14.3. The van der Waals surface area contributed by atoms with Crippen molar-refractivity contribution in [2.45, 2.75) is 195 Å². The SMILES string of the molecule is C=C1/C(=C\C=C2/CCC[C@]3(C)[C@@H]([C@H](C)/C=C/[C@@H](O)C(C)(C)C(=O)OCCCCC)CC[C@@H]23)C[C@@H](O[Si](C)(C)C(C)(C)C)C[C@@H]1O[Si](C)(C)C(C)(C)C. The molecule has 3 fully saturated rings. The molecule has 0 radical (unpaired) electrons. The lowest BCUT2D eigenvalue weighted by molar-refractivity contribution is -0.158. The minimum Gasteiger partial charge on any atom is -0.465 e. The van der Waals surface area contributed by atoms with Gasteiger partial charge in [0.1, 0.15) is 0 Å². The fraction of sp³-hybridized carbons (Fsp3) is 0.800. The number of hydrogen-bond donors (Lipinski definition) is 1. The first-order chi connectivity index (χ1) is 23.8. The number of esters is 1. The maximum atomic E-state index is 12.8. The van der Waals surface area contributed by atoms with Crippen LogP contribution < -0.4 is 0 Å². The fourth-order valence-electron chi connectivity index (χ4n) is 8.39. The Balaban J connectivity index is 1.82. The molecule has 0 saturated heterocycles. The number of allylic oxidation sites excluding steroid dienone is 4. The number of fused-ring (bicyclic) bond motifs is 1. The lowest BCUT2D eigenvalue weighted by Crippen LogP contribution is -2.49. The molecule has 1 N–H and O–H groups in total. The Morgan fingerprint density at radius 3 is 2.17 bits per heavy atom. The van der Waals surface area contributed by atoms with Gasteiger partial charge in [-0.05, 0) is 129 Å². The highest BCUT2D eigenvalue weighted by Gasteiger charge is 2.51. The minimum atomic E-state index is -2.02. The van der Waals surface area contributed by atoms with Gasteiger partial charge in [0.15, 0.2) is 16.6 Å². The summed E-state index contributed by atoms with van der Waals surface area (Å²) in [5.74, 6) is 1.05. The van der Waals surface area contributed by atoms with Gasteiger partial charge in [-0.1, -0.05) is 112 Å². The molecule has 3 aliphatic carbocycles. The van der Waals surface area contributed by atoms with E-state index < -0.39 is 28.2 Å². The molecule has 0 heterocycles. The fourth-order valence-corrected chi connectivity index (χ4v) is 11.1. The van der Waals surface area contributed by atoms with Crippen LogP contribution in [0.25, 0.3) is 0 Å². The first-order valence-electron chi connectivity index (χ1n) is 20.8. The number of carbonyl (C=O) groups excluding carboxylic acids is 1. The van der Waals surface area contributed by atoms with Crippen LogP contribution in [0.1, 0.15) is 140 Å². The van der Waals surface area contributed by atoms with E-state index in [1.54, 1.807) is 19.4 Å². The molecule has 7 heteroatoms. The highest BCUT2D eigenvalue weighted by Crippen LogP contribution is 2.59. The van der Waals surface area contributed by atoms with Crippen LogP contribution in [0.3, 0.4) is 0 Å². The van der Waals surface area contributed by atoms with Crippen molar-refractivity contribution in [3.63, 3.8) is 0 Å². The van der Waals surface area contributed by atoms with Gasteiger partial charge in [-0.2, -0.15) is 0 Å². The summed E-state index contributed by atoms with van der Waals surface area (Å²) in [5.41, 5.74) is 3.24. The van der Waals surface area contributed by atoms with Gasteiger partial charge in [0.05, 0.1) is 30.3 Å². The summed E-state index contributed by atoms with van der Waals surface area (Å²) in [6.45, 7) is 39.0. The molecular weight excluding hydrogens is 677 g/mol. The number of carbonyl (C=O) groups is 1. The predicted molar refractivity (Wildman–Crippen MR) is 225 cm³/mol. The zero-order chi connectivity index (χ0) is 39.5. The van der Waals surface area contributed by atoms with Crippen LogP contribution in [0, 0.1) is 28.6 Å². The molecule has 0 aromatic rings. The summed E-state index contributed by atoms with van der Waals surface area (Å²) in [7, 11) is -3.99. The van der Waals surface area contributed by atoms with E-state index >= 15 is 0 Å². The van der Waals surface area contributed by atoms with Gasteiger partial charge in [-0.15, -0.1) is 0 Å². The molecule has 0 amide bonds. The topological polar surface area (TPSA) is 65.0 Å². The summed E-state index contributed by atoms with van der Waals surface area (Å²) >= 11 is 0. The summed E-state index contributed by atoms with van der Waals surface area (Å²) in [6, 6.07) is 0. The number of rotatable bonds is 14. The molecular formula is C45H80O5Si2. The van der Waals surface area contributed by atoms with E-state index in [4.69, 9.17) is 13.6 Å². The maximum Gasteiger partial charge on any atom is 0.314 e. The number of ether oxygens (including phenoxy) is 1. The molecule has 298 valence electrons. The van der Waals surface area contributed by atoms with Gasteiger partial charge >= 0.3 is 5.97 Å². The van der Waals surface area contributed by atoms with Gasteiger partial charge in [0, 0.05) is 6.42 Å². The molecule has 0 aromatic heterocycles. The van der Waals surface area contributed by atoms with Crippen LogP contribution in [-0.2, 0) is 18.4 Å². The van der Waals surface area contributed by atoms with E-state index in [-0.39, 0.29) is 33.7 Å². The molecule has 52 heavy (non-hydrogen) atoms. The van der Waals surface area contributed by atoms with E-state index in [9.17, 15) is 9.90 Å². The Labute approximate surface area is 322 Å². The number of aliphatic hydroxyl groups excluding tert-OH is 1. The van der Waals surface area contributed by atoms with Crippen LogP contribution in [0.5, 0.6) is 0 Å². The number of aliphatic hydroxyl groups is 1. The summed E-state index contributed by atoms with van der Waals surface area (Å²) < 4.78 is 19.7. The van der Waals surface area contributed by atoms with Crippen molar-refractivity contribution in [3.8, 4) is 0 Å². The largest absolute Gasteiger partial charge is 0.465 e. The van der Waals surface area contributed by atoms with Crippen LogP contribution in [0.4, 0.5) is 0 Å². The van der Waals surface area contributed by atoms with Gasteiger partial charge < -0.3 is 18.7 Å². The molecule has 0 bridgehead atoms. The standard InChI is InChI=1S/C45H80O5Si2/c1-17-18-19-29-48-41(47)44(10,11)40(46)27-22-32(2)37-25-26-38-34(21-20-28-45(37,38)12)23-24-35-30-36(49-51(13,14)42(4,5)6)31-39(33(35)3)50-52(15,16)43(7,8)9/h22-24,27,32,36-40,46H,3,17-21,25-26,28-31H2,1-2,4-16H3/b27-22+,34-23+,35-24-/t32-,36-,37-,38+,39+,40-,45-/m1/s1. The van der Waals surface area contributed by atoms with E-state index in [1.165, 1.54) is 31.3 Å². The first kappa shape index (κ1) is 45.1. The van der Waals surface area contributed by atoms with Crippen LogP contribution in [0.15, 0.2) is 47.6 Å². The summed E-state index contributed by atoms with van der Waals surface area (Å²) in [6.07, 6.45) is 18.8. The van der Waals surface area contributed by atoms with Gasteiger partial charge in [-0.3, -0.25) is 4.79 Å². The molecule has 0 aromatic carbocycles. The molecule has 3 saturated carbocycles. The van der Waals surface area contributed by atoms with E-state index in [1.807, 2.05) is 6.08 Å². The molecule has 5 nitrogen and oxygen atoms in total. The van der Waals surface area contributed by atoms with E-state index in [2.05, 4.69) is 113 Å². The average molecular weight is 757 g/mol. The van der Waals surface area contributed by atoms with E-state index in [0.717, 1.165) is 44.1 Å². The van der Waals surface area contributed by atoms with Gasteiger partial charge in [0.25, 0.3) is 0 Å². The van der Waals surface area contributed by atoms with Crippen molar-refractivity contribution in [3.05, 3.63) is 47.6 Å². The minimum absolute atomic E-state index is 0.0163. The highest BCUT2D eigenvalue weighted by molar-refractivity contribution is 6.74. The molecule has 7 atom stereocenters. The number of hydrogen-bond acceptors (Lipinski definition) is 5. The second-order valence-corrected chi connectivity index (χ2v) is 30.1. The number of unbranched alkanes of at least 4 members (excludes halogenated alkanes) is 2. The Hall–Kier alpha value is -1.26. The lowest BCUT2D eigenvalue weighted by atomic mass is 9.61. The van der Waals surface area contributed by atoms with Gasteiger partial charge in [0.2, 0.25) is 0 Å². The molecule has 0 unspecified atom stereocenters. The van der Waals surface area contributed by atoms with E-state index in [0.29, 0.717) is 24.4 Å². The Kier molecular flexibility index (Phi) is 15.0. The monoisotopic (exact) mass is 757 g/mol. The highest BCUT2D eigenvalue weighted by atomic mass is 28.4. The van der Waals surface area contributed by atoms with Crippen LogP contribution in [-0.4, -0.2) is 52.6 Å². The van der Waals surface area contributed by atoms with Crippen molar-refractivity contribution in [1.29, 1.82) is 0 Å². The maximum absolute atomic E-state index is 12.8. The van der Waals surface area contributed by atoms with Gasteiger partial charge in [-0.25, -0.2) is 0 Å². The van der Waals surface area contributed by atoms with Crippen LogP contribution >= 0.6 is 0 Å². The quantitative estimate of drug-likeness (QED) is 0.0827. The molecule has 0 aliphatic heterocycles. The second kappa shape index (κ2) is 17.3. The smallest absolute Gasteiger partial charge is 0.314 e. The molecule has 3 aliphatic rings. The summed E-state index contributed by atoms with van der Waals surface area (Å²) in [5, 5.41) is 11.4. The Morgan fingerprint density at radius 1 is 0.962 bits per heavy atom. The molecule has 0 spiro atoms. The lowest BCUT2D eigenvalue weighted by Gasteiger charge is -2.45. The Bertz CT molecular complexity index is 1330. The van der Waals surface area contributed by atoms with Crippen molar-refractivity contribution in [2.75, 3.05) is 6.61 Å². The molecule has 3 rings (SSSR count). The first-order valence-corrected chi connectivity index (χ1v) is 26.6. The van der Waals surface area contributed by atoms with Crippen molar-refractivity contribution >= 4 is 22.6 Å². The zero-order valence-corrected chi connectivity index (χ0v) is 38.3. The third-order valence-corrected chi connectivity index (χ3v) is 23.3. The third kappa shape index (κ3) is 10.5. The second-order valence-electron chi connectivity index (χ2n) is 20.6. The average Bonchev–Trinajstić information content (AvgIpc) is 3.38. The van der Waals surface area contributed by atoms with Crippen LogP contribution in [0.2, 0.25) is 36.3 Å². The summed E-state index contributed by atoms with van der Waals surface area (Å²) in [4.78, 5) is 12.8. The van der Waals surface area contributed by atoms with Crippen molar-refractivity contribution in [1.82, 2.24) is 0 Å². The zero-order valence-electron chi connectivity index (χ0n) is 36.3. The van der Waals surface area contributed by atoms with Crippen molar-refractivity contribution in [2.24, 2.45) is 28.6 Å². The predicted octanol–water partition coefficient (Wildman–Crippen LogP) is 12.5.